The number of carbonyl (C=O) groups is 2. The van der Waals surface area contributed by atoms with Crippen molar-refractivity contribution in [2.45, 2.75) is 26.4 Å². The van der Waals surface area contributed by atoms with Crippen LogP contribution in [0.15, 0.2) is 53.4 Å². The van der Waals surface area contributed by atoms with Crippen LogP contribution in [0.5, 0.6) is 5.75 Å². The number of amides is 2. The van der Waals surface area contributed by atoms with Crippen molar-refractivity contribution in [3.05, 3.63) is 87.0 Å². The molecule has 1 aliphatic rings. The minimum atomic E-state index is -0.101. The third kappa shape index (κ3) is 4.67. The number of rotatable bonds is 6. The second-order valence-corrected chi connectivity index (χ2v) is 9.17. The molecular weight excluding hydrogens is 462 g/mol. The predicted molar refractivity (Wildman–Crippen MR) is 133 cm³/mol. The van der Waals surface area contributed by atoms with Gasteiger partial charge in [-0.25, -0.2) is 0 Å². The Morgan fingerprint density at radius 2 is 2.06 bits per heavy atom. The highest BCUT2D eigenvalue weighted by Gasteiger charge is 2.26. The minimum absolute atomic E-state index is 0.0947. The molecule has 1 aromatic carbocycles. The Balaban J connectivity index is 1.29. The van der Waals surface area contributed by atoms with Crippen LogP contribution in [0.25, 0.3) is 11.3 Å². The monoisotopic (exact) mass is 487 g/mol. The van der Waals surface area contributed by atoms with Crippen LogP contribution in [-0.2, 0) is 19.5 Å². The van der Waals surface area contributed by atoms with Gasteiger partial charge < -0.3 is 15.0 Å². The number of benzene rings is 1. The molecule has 2 amide bonds. The van der Waals surface area contributed by atoms with Crippen LogP contribution in [0.4, 0.5) is 0 Å². The van der Waals surface area contributed by atoms with Crippen molar-refractivity contribution < 1.29 is 14.3 Å². The summed E-state index contributed by atoms with van der Waals surface area (Å²) in [5.74, 6) is 0.570. The van der Waals surface area contributed by atoms with Crippen molar-refractivity contribution in [3.8, 4) is 17.0 Å². The van der Waals surface area contributed by atoms with Gasteiger partial charge >= 0.3 is 0 Å². The first-order valence-electron chi connectivity index (χ1n) is 11.3. The molecule has 0 aliphatic carbocycles. The molecule has 1 aliphatic heterocycles. The van der Waals surface area contributed by atoms with Crippen molar-refractivity contribution in [1.29, 1.82) is 0 Å². The van der Waals surface area contributed by atoms with Gasteiger partial charge in [0.05, 0.1) is 12.8 Å². The summed E-state index contributed by atoms with van der Waals surface area (Å²) in [6.07, 6.45) is 2.54. The molecule has 35 heavy (non-hydrogen) atoms. The summed E-state index contributed by atoms with van der Waals surface area (Å²) in [7, 11) is 1.62. The number of aromatic nitrogens is 3. The maximum Gasteiger partial charge on any atom is 0.272 e. The number of nitrogens with one attached hydrogen (secondary N) is 2. The zero-order chi connectivity index (χ0) is 24.4. The van der Waals surface area contributed by atoms with Crippen molar-refractivity contribution in [2.75, 3.05) is 13.7 Å². The number of nitrogens with zero attached hydrogens (tertiary/aromatic N) is 3. The fraction of sp³-hybridized carbons (Fsp3) is 0.231. The van der Waals surface area contributed by atoms with Gasteiger partial charge in [0.2, 0.25) is 0 Å². The highest BCUT2D eigenvalue weighted by atomic mass is 32.1. The van der Waals surface area contributed by atoms with E-state index in [9.17, 15) is 9.59 Å². The maximum atomic E-state index is 13.2. The van der Waals surface area contributed by atoms with Crippen LogP contribution in [0, 0.1) is 6.92 Å². The summed E-state index contributed by atoms with van der Waals surface area (Å²) < 4.78 is 5.20. The van der Waals surface area contributed by atoms with Crippen molar-refractivity contribution in [2.24, 2.45) is 0 Å². The van der Waals surface area contributed by atoms with Crippen LogP contribution < -0.4 is 10.1 Å². The summed E-state index contributed by atoms with van der Waals surface area (Å²) in [4.78, 5) is 32.0. The zero-order valence-corrected chi connectivity index (χ0v) is 20.3. The van der Waals surface area contributed by atoms with E-state index in [0.717, 1.165) is 33.7 Å². The number of methoxy groups -OCH3 is 1. The van der Waals surface area contributed by atoms with Crippen LogP contribution in [0.1, 0.15) is 43.2 Å². The maximum absolute atomic E-state index is 13.2. The third-order valence-corrected chi connectivity index (χ3v) is 6.97. The molecule has 0 saturated heterocycles. The molecule has 0 fully saturated rings. The number of fused-ring (bicyclic) bond motifs is 1. The van der Waals surface area contributed by atoms with Gasteiger partial charge in [-0.1, -0.05) is 0 Å². The highest BCUT2D eigenvalue weighted by molar-refractivity contribution is 7.08. The molecule has 9 heteroatoms. The highest BCUT2D eigenvalue weighted by Crippen LogP contribution is 2.26. The second-order valence-electron chi connectivity index (χ2n) is 8.39. The number of thiophene rings is 1. The third-order valence-electron chi connectivity index (χ3n) is 6.29. The van der Waals surface area contributed by atoms with Crippen LogP contribution in [0.2, 0.25) is 0 Å². The Bertz CT molecular complexity index is 1360. The van der Waals surface area contributed by atoms with Crippen molar-refractivity contribution in [1.82, 2.24) is 25.4 Å². The quantitative estimate of drug-likeness (QED) is 0.429. The van der Waals surface area contributed by atoms with Gasteiger partial charge in [-0.05, 0) is 71.8 Å². The number of H-pyrrole nitrogens is 1. The van der Waals surface area contributed by atoms with E-state index in [0.29, 0.717) is 43.0 Å². The Labute approximate surface area is 207 Å². The van der Waals surface area contributed by atoms with Gasteiger partial charge in [0.25, 0.3) is 11.8 Å². The molecule has 4 heterocycles. The zero-order valence-electron chi connectivity index (χ0n) is 19.5. The van der Waals surface area contributed by atoms with E-state index in [1.807, 2.05) is 54.2 Å². The standard InChI is InChI=1S/C26H25N5O3S/c1-16-22(13-28-25(32)18-8-10-35-15-18)21-7-9-31(14-19(21)12-27-16)26(33)24-11-23(29-30-24)17-3-5-20(34-2)6-4-17/h3-6,8,10-12,15H,7,9,13-14H2,1-2H3,(H,28,32)(H,29,30). The summed E-state index contributed by atoms with van der Waals surface area (Å²) in [6.45, 7) is 3.41. The lowest BCUT2D eigenvalue weighted by Crippen LogP contribution is -2.37. The summed E-state index contributed by atoms with van der Waals surface area (Å²) in [5.41, 5.74) is 6.81. The largest absolute Gasteiger partial charge is 0.497 e. The summed E-state index contributed by atoms with van der Waals surface area (Å²) in [5, 5.41) is 13.9. The first kappa shape index (κ1) is 22.8. The average Bonchev–Trinajstić information content (AvgIpc) is 3.60. The normalized spacial score (nSPS) is 12.8. The number of aryl methyl sites for hydroxylation is 1. The number of hydrogen-bond donors (Lipinski definition) is 2. The predicted octanol–water partition coefficient (Wildman–Crippen LogP) is 3.98. The molecule has 4 aromatic rings. The van der Waals surface area contributed by atoms with Gasteiger partial charge in [-0.2, -0.15) is 16.4 Å². The van der Waals surface area contributed by atoms with E-state index >= 15 is 0 Å². The SMILES string of the molecule is COc1ccc(-c2cc(C(=O)N3CCc4c(cnc(C)c4CNC(=O)c4ccsc4)C3)[nH]n2)cc1. The van der Waals surface area contributed by atoms with Crippen molar-refractivity contribution in [3.63, 3.8) is 0 Å². The molecule has 2 N–H and O–H groups in total. The second kappa shape index (κ2) is 9.71. The number of hydrogen-bond acceptors (Lipinski definition) is 6. The molecule has 0 unspecified atom stereocenters. The van der Waals surface area contributed by atoms with E-state index in [2.05, 4.69) is 20.5 Å². The average molecular weight is 488 g/mol. The van der Waals surface area contributed by atoms with E-state index in [-0.39, 0.29) is 11.8 Å². The lowest BCUT2D eigenvalue weighted by molar-refractivity contribution is 0.0728. The number of carbonyl (C=O) groups excluding carboxylic acids is 2. The number of ether oxygens (including phenoxy) is 1. The lowest BCUT2D eigenvalue weighted by atomic mass is 9.94. The first-order valence-corrected chi connectivity index (χ1v) is 12.2. The molecule has 3 aromatic heterocycles. The molecule has 178 valence electrons. The van der Waals surface area contributed by atoms with E-state index in [1.54, 1.807) is 18.1 Å². The van der Waals surface area contributed by atoms with Gasteiger partial charge in [0.1, 0.15) is 11.4 Å². The Morgan fingerprint density at radius 1 is 1.23 bits per heavy atom. The molecular formula is C26H25N5O3S. The fourth-order valence-electron chi connectivity index (χ4n) is 4.31. The topological polar surface area (TPSA) is 100 Å². The van der Waals surface area contributed by atoms with E-state index < -0.39 is 0 Å². The molecule has 5 rings (SSSR count). The Hall–Kier alpha value is -3.98. The number of pyridine rings is 1. The van der Waals surface area contributed by atoms with Gasteiger partial charge in [0.15, 0.2) is 0 Å². The minimum Gasteiger partial charge on any atom is -0.497 e. The number of aromatic amines is 1. The van der Waals surface area contributed by atoms with E-state index in [4.69, 9.17) is 4.74 Å². The molecule has 0 radical (unpaired) electrons. The molecule has 0 saturated carbocycles. The van der Waals surface area contributed by atoms with Crippen LogP contribution in [0.3, 0.4) is 0 Å². The lowest BCUT2D eigenvalue weighted by Gasteiger charge is -2.30. The van der Waals surface area contributed by atoms with Gasteiger partial charge in [0, 0.05) is 48.0 Å². The van der Waals surface area contributed by atoms with Crippen LogP contribution >= 0.6 is 11.3 Å². The summed E-state index contributed by atoms with van der Waals surface area (Å²) in [6, 6.07) is 11.1. The first-order chi connectivity index (χ1) is 17.0. The van der Waals surface area contributed by atoms with Crippen LogP contribution in [-0.4, -0.2) is 45.6 Å². The molecule has 0 atom stereocenters. The van der Waals surface area contributed by atoms with Gasteiger partial charge in [-0.3, -0.25) is 19.7 Å². The summed E-state index contributed by atoms with van der Waals surface area (Å²) >= 11 is 1.50. The molecule has 8 nitrogen and oxygen atoms in total. The Kier molecular flexibility index (Phi) is 6.33. The van der Waals surface area contributed by atoms with E-state index in [1.165, 1.54) is 11.3 Å². The molecule has 0 bridgehead atoms. The van der Waals surface area contributed by atoms with Gasteiger partial charge in [-0.15, -0.1) is 0 Å². The fourth-order valence-corrected chi connectivity index (χ4v) is 4.94. The molecule has 0 spiro atoms. The smallest absolute Gasteiger partial charge is 0.272 e. The Morgan fingerprint density at radius 3 is 2.80 bits per heavy atom. The van der Waals surface area contributed by atoms with Crippen molar-refractivity contribution >= 4 is 23.2 Å².